The molecule has 0 bridgehead atoms. The Morgan fingerprint density at radius 1 is 1.14 bits per heavy atom. The molecule has 1 N–H and O–H groups in total. The third-order valence-corrected chi connectivity index (χ3v) is 4.75. The van der Waals surface area contributed by atoms with Crippen molar-refractivity contribution in [2.75, 3.05) is 11.6 Å². The lowest BCUT2D eigenvalue weighted by molar-refractivity contribution is 0.0932. The molecule has 1 amide bonds. The number of amides is 1. The quantitative estimate of drug-likeness (QED) is 0.720. The predicted octanol–water partition coefficient (Wildman–Crippen LogP) is 3.04. The first-order valence-electron chi connectivity index (χ1n) is 9.29. The highest BCUT2D eigenvalue weighted by molar-refractivity contribution is 5.95. The Labute approximate surface area is 163 Å². The van der Waals surface area contributed by atoms with Gasteiger partial charge in [0, 0.05) is 24.2 Å². The Hall–Kier alpha value is -3.48. The summed E-state index contributed by atoms with van der Waals surface area (Å²) in [6.45, 7) is 3.42. The molecule has 0 aliphatic carbocycles. The number of hydrogen-bond donors (Lipinski definition) is 1. The van der Waals surface area contributed by atoms with E-state index in [0.717, 1.165) is 29.9 Å². The van der Waals surface area contributed by atoms with Crippen molar-refractivity contribution in [2.45, 2.75) is 25.9 Å². The highest BCUT2D eigenvalue weighted by atomic mass is 16.1. The number of hydrazone groups is 1. The maximum Gasteiger partial charge on any atom is 0.251 e. The lowest BCUT2D eigenvalue weighted by atomic mass is 10.1. The molecular formula is C21H22N6O. The Morgan fingerprint density at radius 2 is 1.93 bits per heavy atom. The Kier molecular flexibility index (Phi) is 5.14. The summed E-state index contributed by atoms with van der Waals surface area (Å²) in [6.07, 6.45) is 4.11. The largest absolute Gasteiger partial charge is 0.343 e. The zero-order valence-corrected chi connectivity index (χ0v) is 15.7. The van der Waals surface area contributed by atoms with Crippen LogP contribution in [0.15, 0.2) is 72.4 Å². The summed E-state index contributed by atoms with van der Waals surface area (Å²) in [5.74, 6) is -0.123. The lowest BCUT2D eigenvalue weighted by Crippen LogP contribution is -2.31. The topological polar surface area (TPSA) is 75.4 Å². The van der Waals surface area contributed by atoms with Crippen LogP contribution in [0.3, 0.4) is 0 Å². The summed E-state index contributed by atoms with van der Waals surface area (Å²) in [6, 6.07) is 17.2. The van der Waals surface area contributed by atoms with E-state index < -0.39 is 0 Å². The Balaban J connectivity index is 1.49. The molecule has 3 aromatic rings. The van der Waals surface area contributed by atoms with Crippen LogP contribution < -0.4 is 10.3 Å². The van der Waals surface area contributed by atoms with Gasteiger partial charge in [0.1, 0.15) is 12.7 Å². The minimum atomic E-state index is -0.207. The van der Waals surface area contributed by atoms with E-state index in [4.69, 9.17) is 0 Å². The van der Waals surface area contributed by atoms with Crippen molar-refractivity contribution in [3.05, 3.63) is 78.4 Å². The third-order valence-electron chi connectivity index (χ3n) is 4.75. The van der Waals surface area contributed by atoms with Gasteiger partial charge < -0.3 is 5.32 Å². The van der Waals surface area contributed by atoms with Crippen LogP contribution in [0.4, 0.5) is 5.69 Å². The third kappa shape index (κ3) is 4.09. The fourth-order valence-electron chi connectivity index (χ4n) is 3.22. The number of carbonyl (C=O) groups excluding carboxylic acids is 1. The molecule has 7 nitrogen and oxygen atoms in total. The van der Waals surface area contributed by atoms with Gasteiger partial charge >= 0.3 is 0 Å². The van der Waals surface area contributed by atoms with Crippen LogP contribution >= 0.6 is 0 Å². The SMILES string of the molecule is CC1=NN(c2ccc(C(=O)NC(Cn3cncn3)c3ccccc3)cc2)CC1. The van der Waals surface area contributed by atoms with Gasteiger partial charge in [-0.15, -0.1) is 0 Å². The summed E-state index contributed by atoms with van der Waals surface area (Å²) in [7, 11) is 0. The van der Waals surface area contributed by atoms with Crippen LogP contribution in [0.25, 0.3) is 0 Å². The lowest BCUT2D eigenvalue weighted by Gasteiger charge is -2.19. The van der Waals surface area contributed by atoms with Crippen LogP contribution in [-0.2, 0) is 6.54 Å². The molecule has 1 atom stereocenters. The number of nitrogens with zero attached hydrogens (tertiary/aromatic N) is 5. The molecule has 0 fully saturated rings. The molecule has 0 radical (unpaired) electrons. The van der Waals surface area contributed by atoms with Gasteiger partial charge in [-0.3, -0.25) is 14.5 Å². The molecule has 1 aliphatic rings. The molecular weight excluding hydrogens is 352 g/mol. The molecule has 1 aliphatic heterocycles. The first kappa shape index (κ1) is 17.9. The van der Waals surface area contributed by atoms with Crippen molar-refractivity contribution in [2.24, 2.45) is 5.10 Å². The van der Waals surface area contributed by atoms with Gasteiger partial charge in [0.15, 0.2) is 0 Å². The van der Waals surface area contributed by atoms with Gasteiger partial charge in [-0.1, -0.05) is 30.3 Å². The van der Waals surface area contributed by atoms with Crippen molar-refractivity contribution in [1.82, 2.24) is 20.1 Å². The van der Waals surface area contributed by atoms with Gasteiger partial charge in [0.05, 0.1) is 18.3 Å². The molecule has 28 heavy (non-hydrogen) atoms. The van der Waals surface area contributed by atoms with E-state index in [9.17, 15) is 4.79 Å². The molecule has 0 spiro atoms. The highest BCUT2D eigenvalue weighted by Crippen LogP contribution is 2.21. The zero-order chi connectivity index (χ0) is 19.3. The van der Waals surface area contributed by atoms with Crippen molar-refractivity contribution >= 4 is 17.3 Å². The molecule has 1 aromatic heterocycles. The molecule has 2 heterocycles. The van der Waals surface area contributed by atoms with E-state index in [1.165, 1.54) is 6.33 Å². The van der Waals surface area contributed by atoms with Gasteiger partial charge in [0.25, 0.3) is 5.91 Å². The Bertz CT molecular complexity index is 950. The molecule has 2 aromatic carbocycles. The number of benzene rings is 2. The number of hydrogen-bond acceptors (Lipinski definition) is 5. The van der Waals surface area contributed by atoms with E-state index in [-0.39, 0.29) is 11.9 Å². The average molecular weight is 374 g/mol. The number of rotatable bonds is 6. The fraction of sp³-hybridized carbons (Fsp3) is 0.238. The number of carbonyl (C=O) groups is 1. The molecule has 7 heteroatoms. The van der Waals surface area contributed by atoms with Gasteiger partial charge in [-0.2, -0.15) is 10.2 Å². The molecule has 142 valence electrons. The van der Waals surface area contributed by atoms with Gasteiger partial charge in [-0.05, 0) is 36.8 Å². The molecule has 0 saturated heterocycles. The summed E-state index contributed by atoms with van der Waals surface area (Å²) >= 11 is 0. The van der Waals surface area contributed by atoms with Crippen LogP contribution in [0.5, 0.6) is 0 Å². The van der Waals surface area contributed by atoms with Gasteiger partial charge in [0.2, 0.25) is 0 Å². The van der Waals surface area contributed by atoms with E-state index in [2.05, 4.69) is 20.5 Å². The first-order chi connectivity index (χ1) is 13.7. The second-order valence-corrected chi connectivity index (χ2v) is 6.81. The summed E-state index contributed by atoms with van der Waals surface area (Å²) < 4.78 is 1.72. The maximum absolute atomic E-state index is 12.8. The van der Waals surface area contributed by atoms with Crippen LogP contribution in [-0.4, -0.2) is 32.9 Å². The monoisotopic (exact) mass is 374 g/mol. The van der Waals surface area contributed by atoms with Crippen LogP contribution in [0.2, 0.25) is 0 Å². The maximum atomic E-state index is 12.8. The minimum absolute atomic E-state index is 0.123. The van der Waals surface area contributed by atoms with Crippen molar-refractivity contribution in [1.29, 1.82) is 0 Å². The Morgan fingerprint density at radius 3 is 2.57 bits per heavy atom. The minimum Gasteiger partial charge on any atom is -0.343 e. The standard InChI is InChI=1S/C21H22N6O/c1-16-11-12-27(25-16)19-9-7-18(8-10-19)21(28)24-20(13-26-15-22-14-23-26)17-5-3-2-4-6-17/h2-10,14-15,20H,11-13H2,1H3,(H,24,28). The second kappa shape index (κ2) is 8.04. The van der Waals surface area contributed by atoms with E-state index >= 15 is 0 Å². The van der Waals surface area contributed by atoms with Gasteiger partial charge in [-0.25, -0.2) is 4.98 Å². The molecule has 1 unspecified atom stereocenters. The van der Waals surface area contributed by atoms with Crippen LogP contribution in [0.1, 0.15) is 35.3 Å². The first-order valence-corrected chi connectivity index (χ1v) is 9.29. The van der Waals surface area contributed by atoms with E-state index in [0.29, 0.717) is 12.1 Å². The highest BCUT2D eigenvalue weighted by Gasteiger charge is 2.18. The zero-order valence-electron chi connectivity index (χ0n) is 15.7. The number of aromatic nitrogens is 3. The van der Waals surface area contributed by atoms with Crippen LogP contribution in [0, 0.1) is 0 Å². The molecule has 4 rings (SSSR count). The summed E-state index contributed by atoms with van der Waals surface area (Å²) in [5.41, 5.74) is 3.75. The second-order valence-electron chi connectivity index (χ2n) is 6.81. The van der Waals surface area contributed by atoms with Crippen molar-refractivity contribution < 1.29 is 4.79 Å². The van der Waals surface area contributed by atoms with E-state index in [1.807, 2.05) is 66.5 Å². The fourth-order valence-corrected chi connectivity index (χ4v) is 3.22. The van der Waals surface area contributed by atoms with E-state index in [1.54, 1.807) is 11.0 Å². The van der Waals surface area contributed by atoms with Crippen molar-refractivity contribution in [3.63, 3.8) is 0 Å². The normalized spacial score (nSPS) is 14.6. The van der Waals surface area contributed by atoms with Crippen molar-refractivity contribution in [3.8, 4) is 0 Å². The number of nitrogens with one attached hydrogen (secondary N) is 1. The summed E-state index contributed by atoms with van der Waals surface area (Å²) in [5, 5.41) is 13.7. The number of anilines is 1. The average Bonchev–Trinajstić information content (AvgIpc) is 3.40. The molecule has 0 saturated carbocycles. The summed E-state index contributed by atoms with van der Waals surface area (Å²) in [4.78, 5) is 16.8. The predicted molar refractivity (Wildman–Crippen MR) is 108 cm³/mol. The smallest absolute Gasteiger partial charge is 0.251 e.